The van der Waals surface area contributed by atoms with Gasteiger partial charge < -0.3 is 41.2 Å². The topological polar surface area (TPSA) is 158 Å². The number of aryl methyl sites for hydroxylation is 2. The zero-order valence-corrected chi connectivity index (χ0v) is 33.8. The Labute approximate surface area is 344 Å². The van der Waals surface area contributed by atoms with Crippen LogP contribution in [0.25, 0.3) is 38.9 Å². The minimum atomic E-state index is -0.675. The van der Waals surface area contributed by atoms with Crippen molar-refractivity contribution in [3.05, 3.63) is 119 Å². The molecule has 4 aromatic carbocycles. The number of benzene rings is 4. The average Bonchev–Trinajstić information content (AvgIpc) is 4.11. The van der Waals surface area contributed by atoms with E-state index in [1.165, 1.54) is 12.7 Å². The van der Waals surface area contributed by atoms with Gasteiger partial charge in [0.2, 0.25) is 11.8 Å². The Hall–Kier alpha value is -6.14. The maximum atomic E-state index is 13.7. The lowest BCUT2D eigenvalue weighted by Crippen LogP contribution is -2.53. The zero-order chi connectivity index (χ0) is 40.8. The molecular formula is C47H52N8O4. The number of hydrogen-bond donors (Lipinski definition) is 5. The summed E-state index contributed by atoms with van der Waals surface area (Å²) < 4.78 is 4.80. The van der Waals surface area contributed by atoms with E-state index in [1.54, 1.807) is 0 Å². The lowest BCUT2D eigenvalue weighted by atomic mass is 9.89. The third-order valence-corrected chi connectivity index (χ3v) is 12.6. The van der Waals surface area contributed by atoms with Gasteiger partial charge in [-0.25, -0.2) is 9.78 Å². The summed E-state index contributed by atoms with van der Waals surface area (Å²) in [6, 6.07) is 27.9. The number of carbonyl (C=O) groups is 3. The highest BCUT2D eigenvalue weighted by Crippen LogP contribution is 2.39. The molecule has 2 fully saturated rings. The number of likely N-dealkylation sites (tertiary alicyclic amines) is 2. The molecule has 0 radical (unpaired) electrons. The molecule has 0 spiro atoms. The Morgan fingerprint density at radius 1 is 0.847 bits per heavy atom. The van der Waals surface area contributed by atoms with E-state index in [0.717, 1.165) is 100 Å². The van der Waals surface area contributed by atoms with Crippen LogP contribution in [0.1, 0.15) is 79.8 Å². The number of nitrogens with one attached hydrogen (secondary N) is 4. The summed E-state index contributed by atoms with van der Waals surface area (Å²) in [7, 11) is 1.31. The van der Waals surface area contributed by atoms with E-state index in [1.807, 2.05) is 60.2 Å². The fraction of sp³-hybridized carbons (Fsp3) is 0.362. The van der Waals surface area contributed by atoms with E-state index in [-0.39, 0.29) is 36.0 Å². The van der Waals surface area contributed by atoms with Crippen LogP contribution in [-0.4, -0.2) is 76.1 Å². The highest BCUT2D eigenvalue weighted by molar-refractivity contribution is 5.91. The molecule has 9 rings (SSSR count). The molecule has 1 unspecified atom stereocenters. The molecule has 0 bridgehead atoms. The van der Waals surface area contributed by atoms with Crippen molar-refractivity contribution < 1.29 is 19.1 Å². The minimum Gasteiger partial charge on any atom is -0.453 e. The fourth-order valence-corrected chi connectivity index (χ4v) is 9.45. The quantitative estimate of drug-likeness (QED) is 0.113. The van der Waals surface area contributed by atoms with Gasteiger partial charge in [0, 0.05) is 24.9 Å². The summed E-state index contributed by atoms with van der Waals surface area (Å²) in [5.41, 5.74) is 16.2. The Morgan fingerprint density at radius 3 is 2.34 bits per heavy atom. The van der Waals surface area contributed by atoms with Gasteiger partial charge in [-0.05, 0) is 95.2 Å². The lowest BCUT2D eigenvalue weighted by molar-refractivity contribution is -0.135. The van der Waals surface area contributed by atoms with Crippen molar-refractivity contribution >= 4 is 34.4 Å². The maximum Gasteiger partial charge on any atom is 0.407 e. The molecule has 6 N–H and O–H groups in total. The number of methoxy groups -OCH3 is 1. The number of hydrogen-bond acceptors (Lipinski definition) is 8. The Bertz CT molecular complexity index is 2440. The van der Waals surface area contributed by atoms with Gasteiger partial charge in [0.1, 0.15) is 24.1 Å². The fourth-order valence-electron chi connectivity index (χ4n) is 9.45. The second kappa shape index (κ2) is 15.9. The highest BCUT2D eigenvalue weighted by atomic mass is 16.5. The molecule has 59 heavy (non-hydrogen) atoms. The molecule has 4 heterocycles. The van der Waals surface area contributed by atoms with Crippen LogP contribution in [0.15, 0.2) is 91.1 Å². The number of ether oxygens (including phenoxy) is 1. The Kier molecular flexibility index (Phi) is 10.3. The first-order valence-electron chi connectivity index (χ1n) is 20.9. The van der Waals surface area contributed by atoms with Crippen molar-refractivity contribution in [3.8, 4) is 22.4 Å². The molecule has 3 aliphatic heterocycles. The number of nitrogens with two attached hydrogens (primary N) is 1. The number of imidazole rings is 1. The van der Waals surface area contributed by atoms with Gasteiger partial charge in [0.15, 0.2) is 0 Å². The number of carbonyl (C=O) groups excluding carboxylic acids is 3. The van der Waals surface area contributed by atoms with E-state index >= 15 is 0 Å². The highest BCUT2D eigenvalue weighted by Gasteiger charge is 2.40. The van der Waals surface area contributed by atoms with E-state index in [4.69, 9.17) is 15.5 Å². The predicted octanol–water partition coefficient (Wildman–Crippen LogP) is 6.55. The van der Waals surface area contributed by atoms with E-state index in [0.29, 0.717) is 13.1 Å². The van der Waals surface area contributed by atoms with Crippen LogP contribution < -0.4 is 21.7 Å². The molecule has 5 atom stereocenters. The van der Waals surface area contributed by atoms with Crippen molar-refractivity contribution in [1.82, 2.24) is 35.7 Å². The van der Waals surface area contributed by atoms with Gasteiger partial charge >= 0.3 is 6.09 Å². The van der Waals surface area contributed by atoms with Crippen molar-refractivity contribution in [2.24, 2.45) is 11.7 Å². The average molecular weight is 793 g/mol. The van der Waals surface area contributed by atoms with Crippen LogP contribution in [0.2, 0.25) is 0 Å². The van der Waals surface area contributed by atoms with Gasteiger partial charge in [-0.15, -0.1) is 0 Å². The molecule has 3 amide bonds. The van der Waals surface area contributed by atoms with Gasteiger partial charge in [-0.1, -0.05) is 86.6 Å². The number of aromatic amines is 1. The Balaban J connectivity index is 0.881. The molecule has 304 valence electrons. The van der Waals surface area contributed by atoms with Crippen LogP contribution >= 0.6 is 0 Å². The van der Waals surface area contributed by atoms with Crippen molar-refractivity contribution in [2.45, 2.75) is 82.7 Å². The molecular weight excluding hydrogens is 741 g/mol. The van der Waals surface area contributed by atoms with Crippen LogP contribution in [-0.2, 0) is 27.2 Å². The SMILES string of the molecule is COC(=O)N[C@H](C(=O)N1CCC[C@H]1c1nc2c([nH]1)-c1ccc(-c3ccc4cc(C5=CNC([C@@H]6CCCN6C(=O)[C@H](N)c6ccccc6)N5)ccc4c3)cc1CC2)C(C)C. The monoisotopic (exact) mass is 792 g/mol. The third-order valence-electron chi connectivity index (χ3n) is 12.6. The van der Waals surface area contributed by atoms with Crippen molar-refractivity contribution in [1.29, 1.82) is 0 Å². The molecule has 12 heteroatoms. The second-order valence-electron chi connectivity index (χ2n) is 16.6. The molecule has 5 aromatic rings. The number of alkyl carbamates (subject to hydrolysis) is 1. The predicted molar refractivity (Wildman–Crippen MR) is 228 cm³/mol. The number of amides is 3. The maximum absolute atomic E-state index is 13.7. The van der Waals surface area contributed by atoms with Crippen LogP contribution in [0.4, 0.5) is 4.79 Å². The molecule has 0 saturated carbocycles. The normalized spacial score (nSPS) is 20.7. The summed E-state index contributed by atoms with van der Waals surface area (Å²) in [6.45, 7) is 5.17. The van der Waals surface area contributed by atoms with Crippen molar-refractivity contribution in [3.63, 3.8) is 0 Å². The summed E-state index contributed by atoms with van der Waals surface area (Å²) >= 11 is 0. The van der Waals surface area contributed by atoms with E-state index in [9.17, 15) is 14.4 Å². The van der Waals surface area contributed by atoms with Crippen LogP contribution in [0.3, 0.4) is 0 Å². The van der Waals surface area contributed by atoms with Crippen LogP contribution in [0, 0.1) is 5.92 Å². The van der Waals surface area contributed by atoms with Gasteiger partial charge in [0.25, 0.3) is 0 Å². The summed E-state index contributed by atoms with van der Waals surface area (Å²) in [6.07, 6.45) is 6.57. The van der Waals surface area contributed by atoms with Gasteiger partial charge in [-0.2, -0.15) is 0 Å². The zero-order valence-electron chi connectivity index (χ0n) is 33.8. The Morgan fingerprint density at radius 2 is 1.56 bits per heavy atom. The number of rotatable bonds is 9. The van der Waals surface area contributed by atoms with Gasteiger partial charge in [-0.3, -0.25) is 9.59 Å². The molecule has 1 aliphatic carbocycles. The number of H-pyrrole nitrogens is 1. The smallest absolute Gasteiger partial charge is 0.407 e. The minimum absolute atomic E-state index is 0.00160. The third kappa shape index (κ3) is 7.30. The first kappa shape index (κ1) is 38.4. The summed E-state index contributed by atoms with van der Waals surface area (Å²) in [4.78, 5) is 51.8. The number of aromatic nitrogens is 2. The van der Waals surface area contributed by atoms with E-state index < -0.39 is 18.2 Å². The van der Waals surface area contributed by atoms with Crippen molar-refractivity contribution in [2.75, 3.05) is 20.2 Å². The standard InChI is InChI=1S/C47H52N8O4/c1-27(2)41(53-47(58)59-3)46(57)55-22-8-12-39(55)44-50-36-20-18-33-24-32(17-19-35(33)42(36)52-44)29-13-14-31-25-34(16-15-30(31)23-29)37-26-49-43(51-37)38-11-7-21-54(38)45(56)40(48)28-9-5-4-6-10-28/h4-6,9-10,13-17,19,23-27,38-41,43,49,51H,7-8,11-12,18,20-22,48H2,1-3H3,(H,50,52)(H,53,58)/t38-,39-,40+,41-,43?/m0/s1. The molecule has 1 aromatic heterocycles. The van der Waals surface area contributed by atoms with Gasteiger partial charge in [0.05, 0.1) is 36.3 Å². The summed E-state index contributed by atoms with van der Waals surface area (Å²) in [5.74, 6) is 0.570. The molecule has 2 saturated heterocycles. The second-order valence-corrected chi connectivity index (χ2v) is 16.6. The first-order chi connectivity index (χ1) is 28.7. The molecule has 4 aliphatic rings. The van der Waals surface area contributed by atoms with Crippen LogP contribution in [0.5, 0.6) is 0 Å². The summed E-state index contributed by atoms with van der Waals surface area (Å²) in [5, 5.41) is 12.2. The number of nitrogens with zero attached hydrogens (tertiary/aromatic N) is 3. The first-order valence-corrected chi connectivity index (χ1v) is 20.9. The number of fused-ring (bicyclic) bond motifs is 4. The lowest BCUT2D eigenvalue weighted by Gasteiger charge is -2.32. The van der Waals surface area contributed by atoms with E-state index in [2.05, 4.69) is 75.5 Å². The largest absolute Gasteiger partial charge is 0.453 e. The molecule has 12 nitrogen and oxygen atoms in total.